The number of amides is 4. The molecule has 0 aromatic heterocycles. The number of halogens is 5. The average Bonchev–Trinajstić information content (AvgIpc) is 1.58. The molecule has 12 heterocycles. The van der Waals surface area contributed by atoms with Crippen molar-refractivity contribution in [3.8, 4) is 73.5 Å². The Labute approximate surface area is 758 Å². The number of hydrogen-bond acceptors (Lipinski definition) is 17. The largest absolute Gasteiger partial charge is 0.497 e. The van der Waals surface area contributed by atoms with Crippen molar-refractivity contribution in [3.63, 3.8) is 0 Å². The van der Waals surface area contributed by atoms with E-state index >= 15 is 0 Å². The van der Waals surface area contributed by atoms with E-state index in [1.54, 1.807) is 98.3 Å². The van der Waals surface area contributed by atoms with E-state index in [1.807, 2.05) is 95.9 Å². The van der Waals surface area contributed by atoms with Crippen molar-refractivity contribution in [3.05, 3.63) is 307 Å². The summed E-state index contributed by atoms with van der Waals surface area (Å²) in [5, 5.41) is 20.3. The number of anilines is 1. The summed E-state index contributed by atoms with van der Waals surface area (Å²) in [6.45, 7) is 19.1. The van der Waals surface area contributed by atoms with Crippen LogP contribution in [0.5, 0.6) is 5.75 Å². The second-order valence-corrected chi connectivity index (χ2v) is 33.8. The average molecular weight is 1800 g/mol. The maximum absolute atomic E-state index is 14.3. The maximum Gasteiger partial charge on any atom is 0.328 e. The lowest BCUT2D eigenvalue weighted by atomic mass is 10.1. The highest BCUT2D eigenvalue weighted by atomic mass is 35.5. The first-order valence-electron chi connectivity index (χ1n) is 43.4. The fraction of sp³-hybridized carbons (Fsp3) is 0.245. The van der Waals surface area contributed by atoms with Crippen LogP contribution in [-0.4, -0.2) is 247 Å². The molecule has 9 aromatic rings. The van der Waals surface area contributed by atoms with Crippen molar-refractivity contribution >= 4 is 85.0 Å². The summed E-state index contributed by atoms with van der Waals surface area (Å²) < 4.78 is 73.0. The summed E-state index contributed by atoms with van der Waals surface area (Å²) >= 11 is 5.97. The van der Waals surface area contributed by atoms with E-state index in [0.29, 0.717) is 169 Å². The topological polar surface area (TPSA) is 263 Å². The van der Waals surface area contributed by atoms with E-state index in [0.717, 1.165) is 54.9 Å². The fourth-order valence-corrected chi connectivity index (χ4v) is 17.5. The number of para-hydroxylation sites is 4. The van der Waals surface area contributed by atoms with Crippen LogP contribution in [0.3, 0.4) is 0 Å². The zero-order valence-electron chi connectivity index (χ0n) is 73.0. The third-order valence-electron chi connectivity index (χ3n) is 24.8. The number of rotatable bonds is 8. The molecule has 0 atom stereocenters. The highest BCUT2D eigenvalue weighted by Gasteiger charge is 2.34. The lowest BCUT2D eigenvalue weighted by Gasteiger charge is -2.37. The summed E-state index contributed by atoms with van der Waals surface area (Å²) in [7, 11) is 3.59. The van der Waals surface area contributed by atoms with Crippen molar-refractivity contribution in [1.82, 2.24) is 91.7 Å². The smallest absolute Gasteiger partial charge is 0.328 e. The first kappa shape index (κ1) is 87.7. The molecule has 21 rings (SSSR count). The van der Waals surface area contributed by atoms with Crippen molar-refractivity contribution < 1.29 is 41.5 Å². The number of aromatic nitrogens is 12. The number of pyridine rings is 4. The Balaban J connectivity index is 0.000000118. The van der Waals surface area contributed by atoms with Gasteiger partial charge in [-0.3, -0.25) is 47.2 Å². The molecule has 9 aromatic carbocycles. The van der Waals surface area contributed by atoms with Crippen LogP contribution >= 0.6 is 11.6 Å². The standard InChI is InChI=1S/C27H22FN5O2.C25H25F2N5O3.C24H23ClFN5O2.C22H21N5O2/c28-19-11-12-24-22(17-19)25-23(26(34)33(29-25)21-9-5-2-6-10-21)18-32(24)27(35)31-15-13-30(14-16-31)20-7-3-1-4-8-20;1-15(2)29-8-10-30(11-9-29)25(34)31-14-19-23(18-12-20(26)21(27)13-22(18)31)28-32(24(19)33)16-4-6-17(35-3)7-5-16;1-15(2)28-9-11-29(12-10-28)24(33)30-14-20-22(19-13-17(26)5-8-21(19)30)27-31(23(20)32)18-6-3-16(25)4-7-18;1-24-11-13-25(14-12-24)22(29)26-15-18-20(17-9-5-6-10-19(17)26)23-27(21(18)28)16-7-3-2-4-8-16/h1-12,17-18H,13-16H2;4-7,12-15H,8-11H2,1-3H3;3-8,13-15H,9-12H2,1-2H3;2-10,15H,11-14H2,1H3. The third kappa shape index (κ3) is 17.1. The fourth-order valence-electron chi connectivity index (χ4n) is 17.4. The number of piperazine rings is 4. The van der Waals surface area contributed by atoms with Gasteiger partial charge in [0.05, 0.1) is 74.2 Å². The van der Waals surface area contributed by atoms with Crippen molar-refractivity contribution in [2.45, 2.75) is 39.8 Å². The minimum absolute atomic E-state index is 0.108. The molecule has 0 saturated carbocycles. The van der Waals surface area contributed by atoms with Gasteiger partial charge in [-0.25, -0.2) is 36.7 Å². The molecular weight excluding hydrogens is 1710 g/mol. The number of carbonyl (C=O) groups excluding carboxylic acids is 4. The van der Waals surface area contributed by atoms with Crippen LogP contribution < -0.4 is 31.9 Å². The molecule has 672 valence electrons. The van der Waals surface area contributed by atoms with E-state index in [4.69, 9.17) is 16.3 Å². The second-order valence-electron chi connectivity index (χ2n) is 33.3. The van der Waals surface area contributed by atoms with Gasteiger partial charge in [0.1, 0.15) is 40.2 Å². The predicted molar refractivity (Wildman–Crippen MR) is 498 cm³/mol. The molecule has 34 heteroatoms. The van der Waals surface area contributed by atoms with Gasteiger partial charge in [0.15, 0.2) is 11.6 Å². The molecule has 12 aliphatic heterocycles. The van der Waals surface area contributed by atoms with Gasteiger partial charge >= 0.3 is 24.1 Å². The number of nitrogens with zero attached hydrogens (tertiary/aromatic N) is 20. The molecule has 0 unspecified atom stereocenters. The summed E-state index contributed by atoms with van der Waals surface area (Å²) in [4.78, 5) is 123. The lowest BCUT2D eigenvalue weighted by molar-refractivity contribution is 0.120. The molecule has 0 radical (unpaired) electrons. The van der Waals surface area contributed by atoms with Gasteiger partial charge < -0.3 is 34.1 Å². The number of benzene rings is 9. The minimum atomic E-state index is -1.08. The van der Waals surface area contributed by atoms with Gasteiger partial charge in [-0.2, -0.15) is 39.1 Å². The number of fused-ring (bicyclic) bond motifs is 12. The van der Waals surface area contributed by atoms with Gasteiger partial charge in [-0.1, -0.05) is 84.4 Å². The van der Waals surface area contributed by atoms with E-state index in [2.05, 4.69) is 86.9 Å². The van der Waals surface area contributed by atoms with Crippen LogP contribution in [-0.2, 0) is 0 Å². The molecule has 4 amide bonds. The summed E-state index contributed by atoms with van der Waals surface area (Å²) in [6.07, 6.45) is 6.08. The molecule has 0 aliphatic carbocycles. The Bertz CT molecular complexity index is 7310. The van der Waals surface area contributed by atoms with E-state index in [9.17, 15) is 55.9 Å². The molecular formula is C98H91ClF4N20O9. The monoisotopic (exact) mass is 1800 g/mol. The van der Waals surface area contributed by atoms with Crippen LogP contribution in [0.2, 0.25) is 5.02 Å². The maximum atomic E-state index is 14.3. The van der Waals surface area contributed by atoms with Crippen molar-refractivity contribution in [2.24, 2.45) is 0 Å². The predicted octanol–water partition coefficient (Wildman–Crippen LogP) is 14.4. The molecule has 132 heavy (non-hydrogen) atoms. The second kappa shape index (κ2) is 36.9. The molecule has 4 saturated heterocycles. The Morgan fingerprint density at radius 1 is 0.333 bits per heavy atom. The van der Waals surface area contributed by atoms with Crippen molar-refractivity contribution in [1.29, 1.82) is 0 Å². The highest BCUT2D eigenvalue weighted by molar-refractivity contribution is 6.30. The Morgan fingerprint density at radius 2 is 0.644 bits per heavy atom. The van der Waals surface area contributed by atoms with Crippen LogP contribution in [0.4, 0.5) is 42.4 Å². The lowest BCUT2D eigenvalue weighted by Crippen LogP contribution is -2.51. The number of ether oxygens (including phenoxy) is 1. The summed E-state index contributed by atoms with van der Waals surface area (Å²) in [5.74, 6) is -2.47. The molecule has 29 nitrogen and oxygen atoms in total. The van der Waals surface area contributed by atoms with E-state index in [1.165, 1.54) is 82.4 Å². The first-order chi connectivity index (χ1) is 63.8. The zero-order chi connectivity index (χ0) is 92.0. The molecule has 0 N–H and O–H groups in total. The number of carbonyl (C=O) groups is 4. The summed E-state index contributed by atoms with van der Waals surface area (Å²) in [6, 6.07) is 59.6. The van der Waals surface area contributed by atoms with E-state index in [-0.39, 0.29) is 68.1 Å². The highest BCUT2D eigenvalue weighted by Crippen LogP contribution is 2.36. The van der Waals surface area contributed by atoms with Gasteiger partial charge in [0.2, 0.25) is 0 Å². The Morgan fingerprint density at radius 3 is 1.03 bits per heavy atom. The van der Waals surface area contributed by atoms with E-state index < -0.39 is 34.9 Å². The minimum Gasteiger partial charge on any atom is -0.497 e. The normalized spacial score (nSPS) is 14.8. The molecule has 0 bridgehead atoms. The van der Waals surface area contributed by atoms with Crippen LogP contribution in [0, 0.1) is 23.3 Å². The van der Waals surface area contributed by atoms with Gasteiger partial charge in [0, 0.05) is 180 Å². The van der Waals surface area contributed by atoms with Crippen LogP contribution in [0.25, 0.3) is 111 Å². The number of likely N-dealkylation sites (N-methyl/N-ethyl adjacent to an activating group) is 1. The Hall–Kier alpha value is -14.9. The quantitative estimate of drug-likeness (QED) is 0.128. The van der Waals surface area contributed by atoms with Gasteiger partial charge in [0.25, 0.3) is 22.2 Å². The first-order valence-corrected chi connectivity index (χ1v) is 43.8. The molecule has 12 aliphatic rings. The number of hydrogen-bond donors (Lipinski definition) is 0. The molecule has 0 spiro atoms. The summed E-state index contributed by atoms with van der Waals surface area (Å²) in [5.41, 5.74) is 6.51. The van der Waals surface area contributed by atoms with Gasteiger partial charge in [-0.05, 0) is 168 Å². The van der Waals surface area contributed by atoms with Crippen LogP contribution in [0.15, 0.2) is 256 Å². The third-order valence-corrected chi connectivity index (χ3v) is 25.0. The number of methoxy groups -OCH3 is 1. The SMILES string of the molecule is CC(C)N1CCN(C(=O)n2cc3c(=O)n(-c4ccc(Cl)cc4)nc-3c3cc(F)ccc32)CC1.CN1CCN(C(=O)n2cc3c(=O)n(-c4ccccc4)nc-3c3ccccc32)CC1.COc1ccc(-n2nc3c4cc(F)c(F)cc4n(C(=O)N4CCN(C(C)C)CC4)cc-3c2=O)cc1.O=C(N1CCN(c2ccccc2)CC1)n1cc2c(=O)n(-c3ccccc3)nc-2c2cc(F)ccc21. The molecule has 4 fully saturated rings. The van der Waals surface area contributed by atoms with Gasteiger partial charge in [-0.15, -0.1) is 0 Å². The zero-order valence-corrected chi connectivity index (χ0v) is 73.7. The van der Waals surface area contributed by atoms with Crippen molar-refractivity contribution in [2.75, 3.05) is 124 Å². The Kier molecular flexibility index (Phi) is 24.5. The van der Waals surface area contributed by atoms with Crippen LogP contribution in [0.1, 0.15) is 27.7 Å².